The second kappa shape index (κ2) is 6.33. The van der Waals surface area contributed by atoms with Gasteiger partial charge in [-0.3, -0.25) is 0 Å². The fourth-order valence-electron chi connectivity index (χ4n) is 3.02. The number of likely N-dealkylation sites (N-methyl/N-ethyl adjacent to an activating group) is 1. The van der Waals surface area contributed by atoms with Crippen molar-refractivity contribution in [2.45, 2.75) is 56.3 Å². The Morgan fingerprint density at radius 2 is 1.94 bits per heavy atom. The molecule has 2 N–H and O–H groups in total. The molecule has 0 aliphatic heterocycles. The van der Waals surface area contributed by atoms with Crippen molar-refractivity contribution in [3.63, 3.8) is 0 Å². The lowest BCUT2D eigenvalue weighted by Crippen LogP contribution is -2.53. The van der Waals surface area contributed by atoms with Crippen molar-refractivity contribution in [1.82, 2.24) is 5.32 Å². The van der Waals surface area contributed by atoms with Gasteiger partial charge in [0, 0.05) is 7.11 Å². The molecule has 4 nitrogen and oxygen atoms in total. The van der Waals surface area contributed by atoms with Gasteiger partial charge in [-0.2, -0.15) is 0 Å². The molecule has 2 aliphatic rings. The van der Waals surface area contributed by atoms with Crippen molar-refractivity contribution in [3.8, 4) is 0 Å². The molecular formula is C14H27NO3. The minimum absolute atomic E-state index is 0.161. The molecule has 0 aromatic carbocycles. The summed E-state index contributed by atoms with van der Waals surface area (Å²) >= 11 is 0. The topological polar surface area (TPSA) is 50.7 Å². The summed E-state index contributed by atoms with van der Waals surface area (Å²) in [4.78, 5) is 0. The first-order valence-electron chi connectivity index (χ1n) is 7.18. The molecule has 18 heavy (non-hydrogen) atoms. The number of aliphatic hydroxyl groups excluding tert-OH is 1. The van der Waals surface area contributed by atoms with Gasteiger partial charge in [-0.05, 0) is 51.5 Å². The van der Waals surface area contributed by atoms with Crippen LogP contribution < -0.4 is 5.32 Å². The first-order chi connectivity index (χ1) is 8.74. The molecule has 2 saturated carbocycles. The van der Waals surface area contributed by atoms with E-state index >= 15 is 0 Å². The largest absolute Gasteiger partial charge is 0.394 e. The summed E-state index contributed by atoms with van der Waals surface area (Å²) in [6.45, 7) is 0.778. The highest BCUT2D eigenvalue weighted by Gasteiger charge is 2.44. The summed E-state index contributed by atoms with van der Waals surface area (Å²) in [5.41, 5.74) is -0.222. The maximum absolute atomic E-state index is 9.65. The summed E-state index contributed by atoms with van der Waals surface area (Å²) < 4.78 is 11.5. The highest BCUT2D eigenvalue weighted by Crippen LogP contribution is 2.40. The third kappa shape index (κ3) is 3.23. The first-order valence-corrected chi connectivity index (χ1v) is 7.18. The Balaban J connectivity index is 1.81. The number of aliphatic hydroxyl groups is 1. The van der Waals surface area contributed by atoms with E-state index < -0.39 is 0 Å². The Morgan fingerprint density at radius 3 is 2.50 bits per heavy atom. The van der Waals surface area contributed by atoms with Crippen molar-refractivity contribution in [3.05, 3.63) is 0 Å². The molecule has 4 heteroatoms. The van der Waals surface area contributed by atoms with Crippen molar-refractivity contribution < 1.29 is 14.6 Å². The van der Waals surface area contributed by atoms with E-state index in [4.69, 9.17) is 9.47 Å². The van der Waals surface area contributed by atoms with E-state index in [9.17, 15) is 5.11 Å². The zero-order valence-electron chi connectivity index (χ0n) is 11.7. The molecule has 3 unspecified atom stereocenters. The van der Waals surface area contributed by atoms with Crippen LogP contribution >= 0.6 is 0 Å². The number of hydrogen-bond acceptors (Lipinski definition) is 4. The highest BCUT2D eigenvalue weighted by atomic mass is 16.5. The minimum atomic E-state index is -0.222. The van der Waals surface area contributed by atoms with E-state index in [0.717, 1.165) is 19.3 Å². The summed E-state index contributed by atoms with van der Waals surface area (Å²) in [5, 5.41) is 12.9. The molecule has 106 valence electrons. The summed E-state index contributed by atoms with van der Waals surface area (Å²) in [5.74, 6) is 0.578. The molecule has 0 radical (unpaired) electrons. The average molecular weight is 257 g/mol. The second-order valence-corrected chi connectivity index (χ2v) is 5.80. The van der Waals surface area contributed by atoms with E-state index in [1.807, 2.05) is 7.05 Å². The normalized spacial score (nSPS) is 32.2. The van der Waals surface area contributed by atoms with Crippen LogP contribution in [0.25, 0.3) is 0 Å². The van der Waals surface area contributed by atoms with Gasteiger partial charge < -0.3 is 19.9 Å². The molecule has 0 amide bonds. The maximum Gasteiger partial charge on any atom is 0.0677 e. The number of ether oxygens (including phenoxy) is 2. The van der Waals surface area contributed by atoms with Crippen LogP contribution in [0.2, 0.25) is 0 Å². The summed E-state index contributed by atoms with van der Waals surface area (Å²) in [7, 11) is 3.71. The molecule has 0 spiro atoms. The van der Waals surface area contributed by atoms with Crippen LogP contribution in [0.15, 0.2) is 0 Å². The molecule has 2 rings (SSSR count). The lowest BCUT2D eigenvalue weighted by atomic mass is 9.93. The molecule has 2 aliphatic carbocycles. The van der Waals surface area contributed by atoms with Crippen LogP contribution in [0, 0.1) is 5.92 Å². The van der Waals surface area contributed by atoms with E-state index in [0.29, 0.717) is 24.7 Å². The van der Waals surface area contributed by atoms with Gasteiger partial charge in [-0.15, -0.1) is 0 Å². The van der Waals surface area contributed by atoms with Crippen LogP contribution in [-0.4, -0.2) is 50.2 Å². The Labute approximate surface area is 110 Å². The first kappa shape index (κ1) is 14.3. The van der Waals surface area contributed by atoms with E-state index in [1.165, 1.54) is 19.3 Å². The van der Waals surface area contributed by atoms with Crippen LogP contribution in [0.3, 0.4) is 0 Å². The van der Waals surface area contributed by atoms with E-state index in [1.54, 1.807) is 7.11 Å². The molecule has 0 aromatic rings. The number of methoxy groups -OCH3 is 1. The molecule has 0 aromatic heterocycles. The molecule has 0 saturated heterocycles. The van der Waals surface area contributed by atoms with Gasteiger partial charge in [0.2, 0.25) is 0 Å². The van der Waals surface area contributed by atoms with Crippen LogP contribution in [0.1, 0.15) is 38.5 Å². The standard InChI is InChI=1S/C14H27NO3/c1-15-14(9-16,11-6-7-11)10-18-13-5-3-4-12(8-13)17-2/h11-13,15-16H,3-10H2,1-2H3. The summed E-state index contributed by atoms with van der Waals surface area (Å²) in [6.07, 6.45) is 7.49. The van der Waals surface area contributed by atoms with Crippen molar-refractivity contribution in [2.24, 2.45) is 5.92 Å². The van der Waals surface area contributed by atoms with Crippen molar-refractivity contribution in [1.29, 1.82) is 0 Å². The van der Waals surface area contributed by atoms with Crippen molar-refractivity contribution in [2.75, 3.05) is 27.4 Å². The van der Waals surface area contributed by atoms with Gasteiger partial charge in [0.05, 0.1) is 31.0 Å². The second-order valence-electron chi connectivity index (χ2n) is 5.80. The van der Waals surface area contributed by atoms with Gasteiger partial charge in [0.15, 0.2) is 0 Å². The SMILES string of the molecule is CNC(CO)(COC1CCCC(OC)C1)C1CC1. The maximum atomic E-state index is 9.65. The highest BCUT2D eigenvalue weighted by molar-refractivity contribution is 5.00. The number of nitrogens with one attached hydrogen (secondary N) is 1. The van der Waals surface area contributed by atoms with Gasteiger partial charge >= 0.3 is 0 Å². The molecule has 3 atom stereocenters. The predicted octanol–water partition coefficient (Wildman–Crippen LogP) is 1.32. The van der Waals surface area contributed by atoms with Gasteiger partial charge in [-0.1, -0.05) is 0 Å². The quantitative estimate of drug-likeness (QED) is 0.722. The third-order valence-electron chi connectivity index (χ3n) is 4.63. The predicted molar refractivity (Wildman–Crippen MR) is 70.6 cm³/mol. The Hall–Kier alpha value is -0.160. The average Bonchev–Trinajstić information content (AvgIpc) is 3.26. The van der Waals surface area contributed by atoms with E-state index in [2.05, 4.69) is 5.32 Å². The lowest BCUT2D eigenvalue weighted by Gasteiger charge is -2.35. The Morgan fingerprint density at radius 1 is 1.22 bits per heavy atom. The molecular weight excluding hydrogens is 230 g/mol. The number of hydrogen-bond donors (Lipinski definition) is 2. The van der Waals surface area contributed by atoms with Crippen LogP contribution in [0.4, 0.5) is 0 Å². The van der Waals surface area contributed by atoms with Gasteiger partial charge in [0.25, 0.3) is 0 Å². The minimum Gasteiger partial charge on any atom is -0.394 e. The van der Waals surface area contributed by atoms with Gasteiger partial charge in [0.1, 0.15) is 0 Å². The molecule has 0 heterocycles. The van der Waals surface area contributed by atoms with Gasteiger partial charge in [-0.25, -0.2) is 0 Å². The lowest BCUT2D eigenvalue weighted by molar-refractivity contribution is -0.0596. The van der Waals surface area contributed by atoms with Crippen LogP contribution in [-0.2, 0) is 9.47 Å². The van der Waals surface area contributed by atoms with Crippen molar-refractivity contribution >= 4 is 0 Å². The zero-order valence-corrected chi connectivity index (χ0v) is 11.7. The third-order valence-corrected chi connectivity index (χ3v) is 4.63. The molecule has 2 fully saturated rings. The number of rotatable bonds is 7. The van der Waals surface area contributed by atoms with Crippen LogP contribution in [0.5, 0.6) is 0 Å². The zero-order chi connectivity index (χ0) is 13.0. The smallest absolute Gasteiger partial charge is 0.0677 e. The fraction of sp³-hybridized carbons (Fsp3) is 1.00. The fourth-order valence-corrected chi connectivity index (χ4v) is 3.02. The Kier molecular flexibility index (Phi) is 5.01. The molecule has 0 bridgehead atoms. The Bertz CT molecular complexity index is 251. The van der Waals surface area contributed by atoms with E-state index in [-0.39, 0.29) is 12.1 Å². The monoisotopic (exact) mass is 257 g/mol. The summed E-state index contributed by atoms with van der Waals surface area (Å²) in [6, 6.07) is 0.